The quantitative estimate of drug-likeness (QED) is 0.643. The molecule has 0 atom stereocenters. The Kier molecular flexibility index (Phi) is 6.32. The molecule has 0 saturated carbocycles. The highest BCUT2D eigenvalue weighted by atomic mass is 35.5. The van der Waals surface area contributed by atoms with Crippen LogP contribution in [0.5, 0.6) is 5.75 Å². The van der Waals surface area contributed by atoms with Crippen molar-refractivity contribution in [2.75, 3.05) is 18.5 Å². The van der Waals surface area contributed by atoms with E-state index in [2.05, 4.69) is 33.0 Å². The monoisotopic (exact) mass is 442 g/mol. The molecule has 0 radical (unpaired) electrons. The van der Waals surface area contributed by atoms with Crippen LogP contribution in [0, 0.1) is 0 Å². The molecule has 0 spiro atoms. The summed E-state index contributed by atoms with van der Waals surface area (Å²) in [5.41, 5.74) is 5.62. The molecule has 2 N–H and O–H groups in total. The topological polar surface area (TPSA) is 76.1 Å². The maximum Gasteiger partial charge on any atom is 0.257 e. The Morgan fingerprint density at radius 2 is 2.03 bits per heavy atom. The van der Waals surface area contributed by atoms with Crippen LogP contribution in [-0.4, -0.2) is 29.3 Å². The average molecular weight is 443 g/mol. The summed E-state index contributed by atoms with van der Waals surface area (Å²) in [6.07, 6.45) is 3.76. The molecule has 1 aromatic heterocycles. The summed E-state index contributed by atoms with van der Waals surface area (Å²) in [5, 5.41) is 16.1. The number of benzene rings is 2. The average Bonchev–Trinajstić information content (AvgIpc) is 3.20. The second-order valence-corrected chi connectivity index (χ2v) is 8.50. The molecule has 156 valence electrons. The summed E-state index contributed by atoms with van der Waals surface area (Å²) < 4.78 is 5.68. The van der Waals surface area contributed by atoms with Crippen LogP contribution in [0.25, 0.3) is 0 Å². The third kappa shape index (κ3) is 4.48. The van der Waals surface area contributed by atoms with Crippen molar-refractivity contribution in [1.29, 1.82) is 0 Å². The van der Waals surface area contributed by atoms with E-state index in [1.807, 2.05) is 24.3 Å². The summed E-state index contributed by atoms with van der Waals surface area (Å²) in [6.45, 7) is 2.62. The Hall–Kier alpha value is -2.48. The van der Waals surface area contributed by atoms with Crippen molar-refractivity contribution in [3.63, 3.8) is 0 Å². The predicted octanol–water partition coefficient (Wildman–Crippen LogP) is 3.77. The number of aryl methyl sites for hydroxylation is 1. The van der Waals surface area contributed by atoms with Crippen molar-refractivity contribution in [3.05, 3.63) is 69.2 Å². The van der Waals surface area contributed by atoms with E-state index in [4.69, 9.17) is 4.74 Å². The molecule has 2 aromatic carbocycles. The molecule has 3 aromatic rings. The van der Waals surface area contributed by atoms with Crippen LogP contribution < -0.4 is 15.4 Å². The zero-order chi connectivity index (χ0) is 19.6. The Morgan fingerprint density at radius 3 is 2.97 bits per heavy atom. The minimum absolute atomic E-state index is 0. The number of carbonyl (C=O) groups excluding carboxylic acids is 1. The Balaban J connectivity index is 0.00000218. The highest BCUT2D eigenvalue weighted by molar-refractivity contribution is 7.15. The molecule has 2 aliphatic heterocycles. The molecular formula is C22H23ClN4O2S. The van der Waals surface area contributed by atoms with Crippen LogP contribution in [-0.2, 0) is 25.8 Å². The van der Waals surface area contributed by atoms with Gasteiger partial charge in [-0.15, -0.1) is 22.6 Å². The van der Waals surface area contributed by atoms with Gasteiger partial charge in [-0.05, 0) is 66.3 Å². The molecule has 0 saturated heterocycles. The Bertz CT molecular complexity index is 1070. The number of halogens is 1. The number of nitrogens with one attached hydrogen (secondary N) is 2. The predicted molar refractivity (Wildman–Crippen MR) is 120 cm³/mol. The molecular weight excluding hydrogens is 420 g/mol. The molecule has 0 unspecified atom stereocenters. The van der Waals surface area contributed by atoms with Gasteiger partial charge in [0.1, 0.15) is 10.8 Å². The molecule has 0 bridgehead atoms. The van der Waals surface area contributed by atoms with Crippen LogP contribution in [0.15, 0.2) is 36.4 Å². The van der Waals surface area contributed by atoms with Crippen LogP contribution in [0.3, 0.4) is 0 Å². The third-order valence-corrected chi connectivity index (χ3v) is 6.21. The van der Waals surface area contributed by atoms with Crippen LogP contribution >= 0.6 is 23.7 Å². The van der Waals surface area contributed by atoms with Crippen molar-refractivity contribution in [2.45, 2.75) is 32.2 Å². The Labute approximate surface area is 185 Å². The Morgan fingerprint density at radius 1 is 1.10 bits per heavy atom. The first kappa shape index (κ1) is 20.8. The van der Waals surface area contributed by atoms with Gasteiger partial charge in [0.25, 0.3) is 5.91 Å². The van der Waals surface area contributed by atoms with Gasteiger partial charge in [-0.2, -0.15) is 0 Å². The lowest BCUT2D eigenvalue weighted by atomic mass is 9.98. The molecule has 0 aliphatic carbocycles. The van der Waals surface area contributed by atoms with E-state index in [-0.39, 0.29) is 18.3 Å². The number of carbonyl (C=O) groups is 1. The van der Waals surface area contributed by atoms with Gasteiger partial charge in [-0.25, -0.2) is 0 Å². The van der Waals surface area contributed by atoms with Gasteiger partial charge < -0.3 is 10.1 Å². The van der Waals surface area contributed by atoms with E-state index in [0.717, 1.165) is 49.7 Å². The van der Waals surface area contributed by atoms with E-state index in [1.54, 1.807) is 0 Å². The zero-order valence-corrected chi connectivity index (χ0v) is 18.1. The van der Waals surface area contributed by atoms with E-state index in [1.165, 1.54) is 33.6 Å². The molecule has 8 heteroatoms. The van der Waals surface area contributed by atoms with Crippen molar-refractivity contribution >= 4 is 34.8 Å². The minimum Gasteiger partial charge on any atom is -0.493 e. The lowest BCUT2D eigenvalue weighted by Crippen LogP contribution is -2.24. The van der Waals surface area contributed by atoms with Crippen molar-refractivity contribution in [3.8, 4) is 5.75 Å². The number of fused-ring (bicyclic) bond motifs is 2. The summed E-state index contributed by atoms with van der Waals surface area (Å²) in [5.74, 6) is 0.853. The van der Waals surface area contributed by atoms with Crippen LogP contribution in [0.4, 0.5) is 5.13 Å². The second-order valence-electron chi connectivity index (χ2n) is 7.44. The summed E-state index contributed by atoms with van der Waals surface area (Å²) in [4.78, 5) is 12.6. The molecule has 0 fully saturated rings. The van der Waals surface area contributed by atoms with Gasteiger partial charge >= 0.3 is 0 Å². The van der Waals surface area contributed by atoms with Crippen molar-refractivity contribution in [2.24, 2.45) is 0 Å². The van der Waals surface area contributed by atoms with Crippen LogP contribution in [0.2, 0.25) is 0 Å². The molecule has 5 rings (SSSR count). The number of aromatic nitrogens is 2. The largest absolute Gasteiger partial charge is 0.493 e. The molecule has 3 heterocycles. The van der Waals surface area contributed by atoms with Crippen molar-refractivity contribution in [1.82, 2.24) is 15.5 Å². The second kappa shape index (κ2) is 9.12. The van der Waals surface area contributed by atoms with Gasteiger partial charge in [0.15, 0.2) is 0 Å². The van der Waals surface area contributed by atoms with Gasteiger partial charge in [0.2, 0.25) is 5.13 Å². The van der Waals surface area contributed by atoms with Crippen LogP contribution in [0.1, 0.15) is 44.0 Å². The summed E-state index contributed by atoms with van der Waals surface area (Å²) >= 11 is 1.42. The molecule has 30 heavy (non-hydrogen) atoms. The first-order chi connectivity index (χ1) is 14.2. The van der Waals surface area contributed by atoms with Gasteiger partial charge in [0.05, 0.1) is 6.61 Å². The maximum atomic E-state index is 12.6. The maximum absolute atomic E-state index is 12.6. The fraction of sp³-hybridized carbons (Fsp3) is 0.318. The number of hydrogen-bond donors (Lipinski definition) is 2. The van der Waals surface area contributed by atoms with Gasteiger partial charge in [0, 0.05) is 18.5 Å². The van der Waals surface area contributed by atoms with Gasteiger partial charge in [-0.3, -0.25) is 10.1 Å². The van der Waals surface area contributed by atoms with Crippen molar-refractivity contribution < 1.29 is 9.53 Å². The van der Waals surface area contributed by atoms with Gasteiger partial charge in [-0.1, -0.05) is 29.5 Å². The molecule has 2 aliphatic rings. The summed E-state index contributed by atoms with van der Waals surface area (Å²) in [6, 6.07) is 12.2. The van der Waals surface area contributed by atoms with E-state index < -0.39 is 0 Å². The number of nitrogens with zero attached hydrogens (tertiary/aromatic N) is 2. The molecule has 6 nitrogen and oxygen atoms in total. The SMILES string of the molecule is Cl.O=C(Nc1nnc(Cc2ccc3c(c2)CCCO3)s1)c1ccc2c(c1)CCNC2. The smallest absolute Gasteiger partial charge is 0.257 e. The number of ether oxygens (including phenoxy) is 1. The lowest BCUT2D eigenvalue weighted by molar-refractivity contribution is 0.102. The lowest BCUT2D eigenvalue weighted by Gasteiger charge is -2.17. The number of amides is 1. The fourth-order valence-electron chi connectivity index (χ4n) is 3.86. The zero-order valence-electron chi connectivity index (χ0n) is 16.4. The van der Waals surface area contributed by atoms with E-state index in [0.29, 0.717) is 17.1 Å². The number of hydrogen-bond acceptors (Lipinski definition) is 6. The summed E-state index contributed by atoms with van der Waals surface area (Å²) in [7, 11) is 0. The number of rotatable bonds is 4. The first-order valence-corrected chi connectivity index (χ1v) is 10.8. The highest BCUT2D eigenvalue weighted by Crippen LogP contribution is 2.27. The van der Waals surface area contributed by atoms with E-state index in [9.17, 15) is 4.79 Å². The third-order valence-electron chi connectivity index (χ3n) is 5.37. The normalized spacial score (nSPS) is 14.7. The first-order valence-electron chi connectivity index (χ1n) is 9.95. The highest BCUT2D eigenvalue weighted by Gasteiger charge is 2.15. The molecule has 1 amide bonds. The minimum atomic E-state index is -0.139. The van der Waals surface area contributed by atoms with E-state index >= 15 is 0 Å². The standard InChI is InChI=1S/C22H22N4O2S.ClH/c27-21(17-4-5-18-13-23-8-7-15(18)12-17)24-22-26-25-20(29-22)11-14-3-6-19-16(10-14)2-1-9-28-19;/h3-6,10,12,23H,1-2,7-9,11,13H2,(H,24,26,27);1H. The fourth-order valence-corrected chi connectivity index (χ4v) is 4.63. The number of anilines is 1.